The van der Waals surface area contributed by atoms with Crippen molar-refractivity contribution in [3.63, 3.8) is 0 Å². The van der Waals surface area contributed by atoms with Crippen LogP contribution in [0.5, 0.6) is 5.75 Å². The molecular weight excluding hydrogens is 311 g/mol. The SMILES string of the molecule is CC(Oc1ccc(C=O)cc1I)C(=O)O. The van der Waals surface area contributed by atoms with Crippen molar-refractivity contribution in [2.75, 3.05) is 0 Å². The zero-order chi connectivity index (χ0) is 11.4. The number of halogens is 1. The Hall–Kier alpha value is -1.11. The molecule has 0 radical (unpaired) electrons. The zero-order valence-corrected chi connectivity index (χ0v) is 10.1. The van der Waals surface area contributed by atoms with Gasteiger partial charge in [0, 0.05) is 5.56 Å². The minimum atomic E-state index is -1.02. The maximum Gasteiger partial charge on any atom is 0.344 e. The molecule has 0 saturated carbocycles. The number of aldehydes is 1. The average molecular weight is 320 g/mol. The van der Waals surface area contributed by atoms with Crippen LogP contribution in [0.4, 0.5) is 0 Å². The molecule has 1 N–H and O–H groups in total. The smallest absolute Gasteiger partial charge is 0.344 e. The van der Waals surface area contributed by atoms with E-state index >= 15 is 0 Å². The molecule has 1 unspecified atom stereocenters. The van der Waals surface area contributed by atoms with Crippen LogP contribution < -0.4 is 4.74 Å². The van der Waals surface area contributed by atoms with Gasteiger partial charge in [0.1, 0.15) is 12.0 Å². The molecule has 5 heteroatoms. The van der Waals surface area contributed by atoms with Crippen molar-refractivity contribution in [1.82, 2.24) is 0 Å². The van der Waals surface area contributed by atoms with E-state index < -0.39 is 12.1 Å². The molecule has 0 heterocycles. The molecule has 4 nitrogen and oxygen atoms in total. The Morgan fingerprint density at radius 1 is 1.60 bits per heavy atom. The monoisotopic (exact) mass is 320 g/mol. The lowest BCUT2D eigenvalue weighted by atomic mass is 10.2. The van der Waals surface area contributed by atoms with Crippen LogP contribution in [-0.2, 0) is 4.79 Å². The molecule has 15 heavy (non-hydrogen) atoms. The first-order valence-electron chi connectivity index (χ1n) is 4.18. The number of carboxylic acids is 1. The summed E-state index contributed by atoms with van der Waals surface area (Å²) in [5.41, 5.74) is 0.537. The first-order valence-corrected chi connectivity index (χ1v) is 5.26. The van der Waals surface area contributed by atoms with E-state index in [1.54, 1.807) is 18.2 Å². The van der Waals surface area contributed by atoms with Gasteiger partial charge in [-0.05, 0) is 47.7 Å². The second-order valence-corrected chi connectivity index (χ2v) is 4.07. The van der Waals surface area contributed by atoms with Crippen molar-refractivity contribution in [2.24, 2.45) is 0 Å². The van der Waals surface area contributed by atoms with Gasteiger partial charge in [0.25, 0.3) is 0 Å². The van der Waals surface area contributed by atoms with E-state index in [1.807, 2.05) is 22.6 Å². The van der Waals surface area contributed by atoms with Gasteiger partial charge in [0.15, 0.2) is 6.10 Å². The Labute approximate surface area is 100 Å². The molecule has 1 aromatic rings. The standard InChI is InChI=1S/C10H9IO4/c1-6(10(13)14)15-9-3-2-7(5-12)4-8(9)11/h2-6H,1H3,(H,13,14). The highest BCUT2D eigenvalue weighted by atomic mass is 127. The molecule has 1 atom stereocenters. The number of hydrogen-bond acceptors (Lipinski definition) is 3. The van der Waals surface area contributed by atoms with Crippen LogP contribution in [0.15, 0.2) is 18.2 Å². The van der Waals surface area contributed by atoms with E-state index in [-0.39, 0.29) is 0 Å². The summed E-state index contributed by atoms with van der Waals surface area (Å²) in [5, 5.41) is 8.65. The molecular formula is C10H9IO4. The number of aliphatic carboxylic acids is 1. The summed E-state index contributed by atoms with van der Waals surface area (Å²) >= 11 is 1.99. The highest BCUT2D eigenvalue weighted by Gasteiger charge is 2.14. The fraction of sp³-hybridized carbons (Fsp3) is 0.200. The lowest BCUT2D eigenvalue weighted by Gasteiger charge is -2.11. The third-order valence-electron chi connectivity index (χ3n) is 1.74. The summed E-state index contributed by atoms with van der Waals surface area (Å²) in [4.78, 5) is 21.0. The van der Waals surface area contributed by atoms with Crippen LogP contribution in [0.25, 0.3) is 0 Å². The fourth-order valence-electron chi connectivity index (χ4n) is 0.927. The average Bonchev–Trinajstić information content (AvgIpc) is 2.20. The van der Waals surface area contributed by atoms with Gasteiger partial charge in [-0.2, -0.15) is 0 Å². The summed E-state index contributed by atoms with van der Waals surface area (Å²) in [6, 6.07) is 4.81. The third-order valence-corrected chi connectivity index (χ3v) is 2.59. The zero-order valence-electron chi connectivity index (χ0n) is 7.94. The largest absolute Gasteiger partial charge is 0.479 e. The lowest BCUT2D eigenvalue weighted by molar-refractivity contribution is -0.144. The van der Waals surface area contributed by atoms with E-state index in [0.717, 1.165) is 6.29 Å². The van der Waals surface area contributed by atoms with E-state index in [9.17, 15) is 9.59 Å². The molecule has 0 aliphatic rings. The van der Waals surface area contributed by atoms with Gasteiger partial charge in [-0.25, -0.2) is 4.79 Å². The molecule has 0 spiro atoms. The van der Waals surface area contributed by atoms with E-state index in [2.05, 4.69) is 0 Å². The summed E-state index contributed by atoms with van der Waals surface area (Å²) in [6.07, 6.45) is -0.173. The van der Waals surface area contributed by atoms with Crippen LogP contribution in [-0.4, -0.2) is 23.5 Å². The third kappa shape index (κ3) is 3.19. The molecule has 1 aromatic carbocycles. The van der Waals surface area contributed by atoms with Gasteiger partial charge >= 0.3 is 5.97 Å². The molecule has 0 aromatic heterocycles. The predicted octanol–water partition coefficient (Wildman–Crippen LogP) is 1.96. The second-order valence-electron chi connectivity index (χ2n) is 2.91. The van der Waals surface area contributed by atoms with Crippen molar-refractivity contribution in [3.8, 4) is 5.75 Å². The van der Waals surface area contributed by atoms with Crippen molar-refractivity contribution < 1.29 is 19.4 Å². The Kier molecular flexibility index (Phi) is 4.07. The minimum absolute atomic E-state index is 0.469. The van der Waals surface area contributed by atoms with Crippen molar-refractivity contribution in [3.05, 3.63) is 27.3 Å². The maximum atomic E-state index is 10.6. The highest BCUT2D eigenvalue weighted by Crippen LogP contribution is 2.22. The predicted molar refractivity (Wildman–Crippen MR) is 62.3 cm³/mol. The highest BCUT2D eigenvalue weighted by molar-refractivity contribution is 14.1. The fourth-order valence-corrected chi connectivity index (χ4v) is 1.59. The Bertz CT molecular complexity index is 389. The minimum Gasteiger partial charge on any atom is -0.479 e. The molecule has 0 aliphatic carbocycles. The molecule has 0 bridgehead atoms. The van der Waals surface area contributed by atoms with Gasteiger partial charge in [-0.1, -0.05) is 0 Å². The Morgan fingerprint density at radius 3 is 2.73 bits per heavy atom. The van der Waals surface area contributed by atoms with Gasteiger partial charge in [0.2, 0.25) is 0 Å². The molecule has 0 saturated heterocycles. The number of carbonyl (C=O) groups is 2. The first-order chi connectivity index (χ1) is 7.04. The number of hydrogen-bond donors (Lipinski definition) is 1. The van der Waals surface area contributed by atoms with Crippen LogP contribution in [0, 0.1) is 3.57 Å². The number of benzene rings is 1. The van der Waals surface area contributed by atoms with Crippen molar-refractivity contribution >= 4 is 34.8 Å². The van der Waals surface area contributed by atoms with E-state index in [0.29, 0.717) is 14.9 Å². The second kappa shape index (κ2) is 5.11. The quantitative estimate of drug-likeness (QED) is 0.680. The summed E-state index contributed by atoms with van der Waals surface area (Å²) in [7, 11) is 0. The maximum absolute atomic E-state index is 10.6. The Balaban J connectivity index is 2.87. The molecule has 80 valence electrons. The molecule has 0 fully saturated rings. The van der Waals surface area contributed by atoms with Crippen molar-refractivity contribution in [2.45, 2.75) is 13.0 Å². The summed E-state index contributed by atoms with van der Waals surface area (Å²) in [6.45, 7) is 1.45. The number of rotatable bonds is 4. The van der Waals surface area contributed by atoms with Crippen LogP contribution in [0.1, 0.15) is 17.3 Å². The Morgan fingerprint density at radius 2 is 2.27 bits per heavy atom. The van der Waals surface area contributed by atoms with Gasteiger partial charge in [-0.3, -0.25) is 4.79 Å². The topological polar surface area (TPSA) is 63.6 Å². The van der Waals surface area contributed by atoms with Crippen LogP contribution in [0.2, 0.25) is 0 Å². The summed E-state index contributed by atoms with van der Waals surface area (Å²) < 4.78 is 5.90. The van der Waals surface area contributed by atoms with Crippen LogP contribution in [0.3, 0.4) is 0 Å². The molecule has 0 amide bonds. The van der Waals surface area contributed by atoms with Gasteiger partial charge in [-0.15, -0.1) is 0 Å². The van der Waals surface area contributed by atoms with Gasteiger partial charge < -0.3 is 9.84 Å². The normalized spacial score (nSPS) is 11.9. The lowest BCUT2D eigenvalue weighted by Crippen LogP contribution is -2.23. The number of carboxylic acid groups (broad SMARTS) is 1. The van der Waals surface area contributed by atoms with Gasteiger partial charge in [0.05, 0.1) is 3.57 Å². The number of carbonyl (C=O) groups excluding carboxylic acids is 1. The first kappa shape index (κ1) is 12.0. The van der Waals surface area contributed by atoms with Crippen molar-refractivity contribution in [1.29, 1.82) is 0 Å². The number of ether oxygens (including phenoxy) is 1. The van der Waals surface area contributed by atoms with E-state index in [1.165, 1.54) is 6.92 Å². The molecule has 0 aliphatic heterocycles. The summed E-state index contributed by atoms with van der Waals surface area (Å²) in [5.74, 6) is -0.554. The van der Waals surface area contributed by atoms with Crippen LogP contribution >= 0.6 is 22.6 Å². The molecule has 1 rings (SSSR count). The van der Waals surface area contributed by atoms with E-state index in [4.69, 9.17) is 9.84 Å².